The standard InChI is InChI=1S/C14H21ClN2O3S/c1-11-12(10-18)8-13(15)9-14(11)21(19,20)17-5-3-4-16(2)6-7-17/h8-9,18H,3-7,10H2,1-2H3. The van der Waals surface area contributed by atoms with Crippen LogP contribution in [0.5, 0.6) is 0 Å². The van der Waals surface area contributed by atoms with Crippen LogP contribution in [0.4, 0.5) is 0 Å². The summed E-state index contributed by atoms with van der Waals surface area (Å²) in [6.07, 6.45) is 0.808. The number of sulfonamides is 1. The van der Waals surface area contributed by atoms with E-state index in [1.807, 2.05) is 7.05 Å². The molecule has 1 saturated heterocycles. The minimum absolute atomic E-state index is 0.198. The van der Waals surface area contributed by atoms with Crippen molar-refractivity contribution in [2.45, 2.75) is 24.8 Å². The monoisotopic (exact) mass is 332 g/mol. The van der Waals surface area contributed by atoms with Gasteiger partial charge in [0.2, 0.25) is 10.0 Å². The molecule has 0 atom stereocenters. The number of likely N-dealkylation sites (N-methyl/N-ethyl adjacent to an activating group) is 1. The van der Waals surface area contributed by atoms with Gasteiger partial charge in [0.05, 0.1) is 11.5 Å². The van der Waals surface area contributed by atoms with Crippen molar-refractivity contribution >= 4 is 21.6 Å². The molecule has 0 aliphatic carbocycles. The number of hydrogen-bond acceptors (Lipinski definition) is 4. The van der Waals surface area contributed by atoms with Crippen LogP contribution in [-0.2, 0) is 16.6 Å². The topological polar surface area (TPSA) is 60.9 Å². The molecule has 1 aliphatic heterocycles. The molecule has 7 heteroatoms. The molecule has 0 radical (unpaired) electrons. The third kappa shape index (κ3) is 3.57. The molecule has 21 heavy (non-hydrogen) atoms. The molecule has 5 nitrogen and oxygen atoms in total. The summed E-state index contributed by atoms with van der Waals surface area (Å²) in [5, 5.41) is 9.68. The first-order chi connectivity index (χ1) is 9.86. The van der Waals surface area contributed by atoms with E-state index in [1.165, 1.54) is 10.4 Å². The largest absolute Gasteiger partial charge is 0.392 e. The van der Waals surface area contributed by atoms with Crippen LogP contribution in [0.3, 0.4) is 0 Å². The van der Waals surface area contributed by atoms with E-state index in [9.17, 15) is 13.5 Å². The Morgan fingerprint density at radius 1 is 1.24 bits per heavy atom. The molecule has 2 rings (SSSR count). The first-order valence-electron chi connectivity index (χ1n) is 6.95. The number of nitrogens with zero attached hydrogens (tertiary/aromatic N) is 2. The summed E-state index contributed by atoms with van der Waals surface area (Å²) >= 11 is 6.00. The van der Waals surface area contributed by atoms with Gasteiger partial charge < -0.3 is 10.0 Å². The molecule has 0 spiro atoms. The first-order valence-corrected chi connectivity index (χ1v) is 8.76. The highest BCUT2D eigenvalue weighted by Crippen LogP contribution is 2.27. The van der Waals surface area contributed by atoms with E-state index < -0.39 is 10.0 Å². The quantitative estimate of drug-likeness (QED) is 0.910. The minimum Gasteiger partial charge on any atom is -0.392 e. The molecule has 1 aromatic carbocycles. The van der Waals surface area contributed by atoms with Gasteiger partial charge in [0, 0.05) is 24.7 Å². The van der Waals surface area contributed by atoms with Gasteiger partial charge in [-0.15, -0.1) is 0 Å². The van der Waals surface area contributed by atoms with Crippen molar-refractivity contribution in [3.63, 3.8) is 0 Å². The van der Waals surface area contributed by atoms with Gasteiger partial charge in [0.1, 0.15) is 0 Å². The van der Waals surface area contributed by atoms with Crippen molar-refractivity contribution in [1.29, 1.82) is 0 Å². The summed E-state index contributed by atoms with van der Waals surface area (Å²) in [6, 6.07) is 3.08. The van der Waals surface area contributed by atoms with Crippen LogP contribution in [0, 0.1) is 6.92 Å². The van der Waals surface area contributed by atoms with Crippen molar-refractivity contribution < 1.29 is 13.5 Å². The van der Waals surface area contributed by atoms with Gasteiger partial charge in [-0.05, 0) is 50.2 Å². The van der Waals surface area contributed by atoms with Crippen molar-refractivity contribution in [3.05, 3.63) is 28.3 Å². The fourth-order valence-electron chi connectivity index (χ4n) is 2.54. The molecule has 118 valence electrons. The molecule has 1 N–H and O–H groups in total. The summed E-state index contributed by atoms with van der Waals surface area (Å²) in [5.41, 5.74) is 1.12. The van der Waals surface area contributed by atoms with Gasteiger partial charge in [-0.25, -0.2) is 8.42 Å². The summed E-state index contributed by atoms with van der Waals surface area (Å²) < 4.78 is 27.2. The number of halogens is 1. The average Bonchev–Trinajstić information content (AvgIpc) is 2.66. The van der Waals surface area contributed by atoms with Gasteiger partial charge in [0.25, 0.3) is 0 Å². The molecule has 0 unspecified atom stereocenters. The molecule has 0 saturated carbocycles. The maximum Gasteiger partial charge on any atom is 0.243 e. The molecule has 0 amide bonds. The summed E-state index contributed by atoms with van der Waals surface area (Å²) in [6.45, 7) is 4.07. The zero-order valence-corrected chi connectivity index (χ0v) is 13.9. The lowest BCUT2D eigenvalue weighted by molar-refractivity contribution is 0.280. The molecule has 0 bridgehead atoms. The van der Waals surface area contributed by atoms with E-state index in [-0.39, 0.29) is 11.5 Å². The molecule has 1 fully saturated rings. The van der Waals surface area contributed by atoms with Gasteiger partial charge in [-0.1, -0.05) is 11.6 Å². The Morgan fingerprint density at radius 2 is 1.95 bits per heavy atom. The Labute approximate surface area is 131 Å². The maximum absolute atomic E-state index is 12.9. The highest BCUT2D eigenvalue weighted by atomic mass is 35.5. The first kappa shape index (κ1) is 16.7. The van der Waals surface area contributed by atoms with Gasteiger partial charge >= 0.3 is 0 Å². The molecular weight excluding hydrogens is 312 g/mol. The average molecular weight is 333 g/mol. The van der Waals surface area contributed by atoms with Crippen LogP contribution in [0.25, 0.3) is 0 Å². The fraction of sp³-hybridized carbons (Fsp3) is 0.571. The predicted molar refractivity (Wildman–Crippen MR) is 83.0 cm³/mol. The third-order valence-electron chi connectivity index (χ3n) is 3.90. The van der Waals surface area contributed by atoms with Gasteiger partial charge in [-0.2, -0.15) is 4.31 Å². The maximum atomic E-state index is 12.9. The lowest BCUT2D eigenvalue weighted by atomic mass is 10.1. The number of aliphatic hydroxyl groups is 1. The Bertz CT molecular complexity index is 619. The minimum atomic E-state index is -3.58. The van der Waals surface area contributed by atoms with E-state index in [4.69, 9.17) is 11.6 Å². The van der Waals surface area contributed by atoms with Crippen molar-refractivity contribution in [2.75, 3.05) is 33.2 Å². The highest BCUT2D eigenvalue weighted by Gasteiger charge is 2.28. The van der Waals surface area contributed by atoms with Crippen LogP contribution in [0.15, 0.2) is 17.0 Å². The summed E-state index contributed by atoms with van der Waals surface area (Å²) in [7, 11) is -1.59. The number of aliphatic hydroxyl groups excluding tert-OH is 1. The lowest BCUT2D eigenvalue weighted by Crippen LogP contribution is -2.35. The summed E-state index contributed by atoms with van der Waals surface area (Å²) in [5.74, 6) is 0. The number of benzene rings is 1. The predicted octanol–water partition coefficient (Wildman–Crippen LogP) is 1.47. The lowest BCUT2D eigenvalue weighted by Gasteiger charge is -2.22. The second kappa shape index (κ2) is 6.62. The van der Waals surface area contributed by atoms with Crippen LogP contribution in [-0.4, -0.2) is 56.0 Å². The molecule has 0 aromatic heterocycles. The van der Waals surface area contributed by atoms with E-state index in [0.717, 1.165) is 13.0 Å². The second-order valence-corrected chi connectivity index (χ2v) is 7.75. The van der Waals surface area contributed by atoms with Gasteiger partial charge in [-0.3, -0.25) is 0 Å². The van der Waals surface area contributed by atoms with Crippen molar-refractivity contribution in [3.8, 4) is 0 Å². The Hall–Kier alpha value is -0.660. The molecule has 1 heterocycles. The zero-order chi connectivity index (χ0) is 15.6. The molecule has 1 aliphatic rings. The smallest absolute Gasteiger partial charge is 0.243 e. The third-order valence-corrected chi connectivity index (χ3v) is 6.14. The second-order valence-electron chi connectivity index (χ2n) is 5.41. The molecular formula is C14H21ClN2O3S. The number of hydrogen-bond donors (Lipinski definition) is 1. The fourth-order valence-corrected chi connectivity index (χ4v) is 4.61. The number of rotatable bonds is 3. The Balaban J connectivity index is 2.42. The SMILES string of the molecule is Cc1c(CO)cc(Cl)cc1S(=O)(=O)N1CCCN(C)CC1. The van der Waals surface area contributed by atoms with Gasteiger partial charge in [0.15, 0.2) is 0 Å². The molecule has 1 aromatic rings. The van der Waals surface area contributed by atoms with E-state index >= 15 is 0 Å². The summed E-state index contributed by atoms with van der Waals surface area (Å²) in [4.78, 5) is 2.32. The zero-order valence-electron chi connectivity index (χ0n) is 12.3. The van der Waals surface area contributed by atoms with Crippen LogP contribution in [0.1, 0.15) is 17.5 Å². The Morgan fingerprint density at radius 3 is 2.62 bits per heavy atom. The highest BCUT2D eigenvalue weighted by molar-refractivity contribution is 7.89. The van der Waals surface area contributed by atoms with Crippen LogP contribution >= 0.6 is 11.6 Å². The van der Waals surface area contributed by atoms with Crippen LogP contribution < -0.4 is 0 Å². The van der Waals surface area contributed by atoms with Crippen molar-refractivity contribution in [1.82, 2.24) is 9.21 Å². The Kier molecular flexibility index (Phi) is 5.27. The van der Waals surface area contributed by atoms with Crippen LogP contribution in [0.2, 0.25) is 5.02 Å². The van der Waals surface area contributed by atoms with E-state index in [2.05, 4.69) is 4.90 Å². The van der Waals surface area contributed by atoms with Crippen molar-refractivity contribution in [2.24, 2.45) is 0 Å². The normalized spacial score (nSPS) is 18.7. The van der Waals surface area contributed by atoms with E-state index in [0.29, 0.717) is 35.8 Å². The van der Waals surface area contributed by atoms with E-state index in [1.54, 1.807) is 13.0 Å².